The molecule has 3 aromatic rings. The smallest absolute Gasteiger partial charge is 0.237 e. The molecule has 0 aliphatic carbocycles. The molecule has 0 radical (unpaired) electrons. The van der Waals surface area contributed by atoms with Gasteiger partial charge in [0, 0.05) is 15.5 Å². The summed E-state index contributed by atoms with van der Waals surface area (Å²) in [5.74, 6) is -0.381. The number of hydrogen-bond donors (Lipinski definition) is 1. The van der Waals surface area contributed by atoms with E-state index < -0.39 is 0 Å². The molecule has 1 atom stereocenters. The second-order valence-electron chi connectivity index (χ2n) is 5.89. The van der Waals surface area contributed by atoms with Crippen molar-refractivity contribution >= 4 is 46.1 Å². The van der Waals surface area contributed by atoms with E-state index in [4.69, 9.17) is 0 Å². The van der Waals surface area contributed by atoms with E-state index in [0.29, 0.717) is 0 Å². The number of aliphatic imine (C=N–C) groups is 1. The van der Waals surface area contributed by atoms with Gasteiger partial charge in [-0.15, -0.1) is 0 Å². The largest absolute Gasteiger partial charge is 0.325 e. The molecule has 1 amide bonds. The van der Waals surface area contributed by atoms with Gasteiger partial charge >= 0.3 is 0 Å². The maximum Gasteiger partial charge on any atom is 0.237 e. The van der Waals surface area contributed by atoms with Crippen LogP contribution in [0.25, 0.3) is 11.1 Å². The third kappa shape index (κ3) is 3.35. The highest BCUT2D eigenvalue weighted by molar-refractivity contribution is 14.1. The van der Waals surface area contributed by atoms with Gasteiger partial charge in [0.05, 0.1) is 5.69 Å². The van der Waals surface area contributed by atoms with E-state index in [1.807, 2.05) is 54.6 Å². The van der Waals surface area contributed by atoms with Crippen LogP contribution < -0.4 is 5.32 Å². The van der Waals surface area contributed by atoms with Crippen molar-refractivity contribution in [3.05, 3.63) is 81.9 Å². The van der Waals surface area contributed by atoms with Crippen molar-refractivity contribution in [1.82, 2.24) is 0 Å². The van der Waals surface area contributed by atoms with Gasteiger partial charge in [-0.2, -0.15) is 0 Å². The number of fused-ring (bicyclic) bond motifs is 1. The van der Waals surface area contributed by atoms with Crippen molar-refractivity contribution in [3.63, 3.8) is 0 Å². The highest BCUT2D eigenvalue weighted by Crippen LogP contribution is 2.35. The van der Waals surface area contributed by atoms with Gasteiger partial charge < -0.3 is 5.32 Å². The Balaban J connectivity index is 1.63. The van der Waals surface area contributed by atoms with Crippen LogP contribution in [0, 0.1) is 3.57 Å². The van der Waals surface area contributed by atoms with Gasteiger partial charge in [0.15, 0.2) is 0 Å². The summed E-state index contributed by atoms with van der Waals surface area (Å²) in [6.45, 7) is 0. The first-order valence-electron chi connectivity index (χ1n) is 8.01. The fourth-order valence-electron chi connectivity index (χ4n) is 2.93. The quantitative estimate of drug-likeness (QED) is 0.432. The second kappa shape index (κ2) is 6.80. The predicted molar refractivity (Wildman–Crippen MR) is 111 cm³/mol. The Kier molecular flexibility index (Phi) is 4.36. The topological polar surface area (TPSA) is 41.5 Å². The van der Waals surface area contributed by atoms with Crippen LogP contribution in [0.4, 0.5) is 11.4 Å². The average Bonchev–Trinajstić information content (AvgIpc) is 2.96. The molecule has 1 N–H and O–H groups in total. The van der Waals surface area contributed by atoms with Crippen LogP contribution in [0.5, 0.6) is 0 Å². The number of anilines is 1. The average molecular weight is 438 g/mol. The van der Waals surface area contributed by atoms with Gasteiger partial charge in [-0.25, -0.2) is 0 Å². The minimum atomic E-state index is -0.348. The number of carbonyl (C=O) groups is 1. The van der Waals surface area contributed by atoms with Gasteiger partial charge in [-0.1, -0.05) is 42.5 Å². The summed E-state index contributed by atoms with van der Waals surface area (Å²) in [4.78, 5) is 16.8. The van der Waals surface area contributed by atoms with Crippen molar-refractivity contribution in [1.29, 1.82) is 0 Å². The normalized spacial score (nSPS) is 16.0. The molecule has 0 aromatic heterocycles. The van der Waals surface area contributed by atoms with E-state index in [-0.39, 0.29) is 11.8 Å². The van der Waals surface area contributed by atoms with Crippen molar-refractivity contribution < 1.29 is 4.79 Å². The summed E-state index contributed by atoms with van der Waals surface area (Å²) in [5, 5.41) is 2.97. The number of carbonyl (C=O) groups excluding carboxylic acids is 1. The third-order valence-corrected chi connectivity index (χ3v) is 4.95. The molecule has 1 unspecified atom stereocenters. The summed E-state index contributed by atoms with van der Waals surface area (Å²) in [7, 11) is 0. The van der Waals surface area contributed by atoms with Gasteiger partial charge in [0.2, 0.25) is 5.91 Å². The Morgan fingerprint density at radius 3 is 2.44 bits per heavy atom. The highest BCUT2D eigenvalue weighted by atomic mass is 127. The number of amides is 1. The summed E-state index contributed by atoms with van der Waals surface area (Å²) in [5.41, 5.74) is 4.91. The monoisotopic (exact) mass is 438 g/mol. The molecule has 1 aliphatic heterocycles. The maximum atomic E-state index is 12.4. The molecule has 25 heavy (non-hydrogen) atoms. The Morgan fingerprint density at radius 1 is 0.920 bits per heavy atom. The number of rotatable bonds is 3. The zero-order valence-electron chi connectivity index (χ0n) is 13.3. The first-order chi connectivity index (χ1) is 12.2. The van der Waals surface area contributed by atoms with Crippen LogP contribution >= 0.6 is 22.6 Å². The molecule has 1 heterocycles. The lowest BCUT2D eigenvalue weighted by molar-refractivity contribution is -0.115. The fourth-order valence-corrected chi connectivity index (χ4v) is 3.29. The fraction of sp³-hybridized carbons (Fsp3) is 0.0476. The first kappa shape index (κ1) is 16.0. The Labute approximate surface area is 160 Å². The van der Waals surface area contributed by atoms with Crippen molar-refractivity contribution in [2.24, 2.45) is 4.99 Å². The molecule has 122 valence electrons. The van der Waals surface area contributed by atoms with E-state index >= 15 is 0 Å². The van der Waals surface area contributed by atoms with Crippen LogP contribution in [0.15, 0.2) is 77.8 Å². The lowest BCUT2D eigenvalue weighted by atomic mass is 9.98. The molecular formula is C21H15IN2O. The second-order valence-corrected chi connectivity index (χ2v) is 7.14. The summed E-state index contributed by atoms with van der Waals surface area (Å²) >= 11 is 2.26. The van der Waals surface area contributed by atoms with E-state index in [9.17, 15) is 4.79 Å². The maximum absolute atomic E-state index is 12.4. The number of nitrogens with one attached hydrogen (secondary N) is 1. The first-order valence-corrected chi connectivity index (χ1v) is 9.08. The lowest BCUT2D eigenvalue weighted by Gasteiger charge is -2.06. The zero-order valence-corrected chi connectivity index (χ0v) is 15.5. The molecule has 0 fully saturated rings. The molecule has 0 spiro atoms. The van der Waals surface area contributed by atoms with Gasteiger partial charge in [0.1, 0.15) is 5.92 Å². The molecule has 0 saturated heterocycles. The van der Waals surface area contributed by atoms with Crippen LogP contribution in [0.3, 0.4) is 0 Å². The number of halogens is 1. The molecule has 0 saturated carbocycles. The Hall–Kier alpha value is -2.47. The van der Waals surface area contributed by atoms with Crippen LogP contribution in [0.2, 0.25) is 0 Å². The SMILES string of the molecule is O=C1Nc2cc(-c3ccccc3)ccc2C1C=Nc1ccc(I)cc1. The summed E-state index contributed by atoms with van der Waals surface area (Å²) in [6.07, 6.45) is 1.73. The minimum Gasteiger partial charge on any atom is -0.325 e. The molecule has 4 rings (SSSR count). The third-order valence-electron chi connectivity index (χ3n) is 4.24. The molecule has 4 heteroatoms. The predicted octanol–water partition coefficient (Wildman–Crippen LogP) is 5.40. The number of hydrogen-bond acceptors (Lipinski definition) is 2. The van der Waals surface area contributed by atoms with E-state index in [0.717, 1.165) is 31.6 Å². The summed E-state index contributed by atoms with van der Waals surface area (Å²) < 4.78 is 1.16. The zero-order chi connectivity index (χ0) is 17.2. The van der Waals surface area contributed by atoms with Crippen molar-refractivity contribution in [2.45, 2.75) is 5.92 Å². The van der Waals surface area contributed by atoms with Crippen molar-refractivity contribution in [3.8, 4) is 11.1 Å². The van der Waals surface area contributed by atoms with E-state index in [1.54, 1.807) is 6.21 Å². The molecule has 3 nitrogen and oxygen atoms in total. The molecular weight excluding hydrogens is 423 g/mol. The number of nitrogens with zero attached hydrogens (tertiary/aromatic N) is 1. The molecule has 0 bridgehead atoms. The minimum absolute atomic E-state index is 0.0329. The van der Waals surface area contributed by atoms with Gasteiger partial charge in [0.25, 0.3) is 0 Å². The standard InChI is InChI=1S/C21H15IN2O/c22-16-7-9-17(10-8-16)23-13-19-18-11-6-15(12-20(18)24-21(19)25)14-4-2-1-3-5-14/h1-13,19H,(H,24,25). The van der Waals surface area contributed by atoms with Crippen LogP contribution in [-0.4, -0.2) is 12.1 Å². The van der Waals surface area contributed by atoms with Gasteiger partial charge in [-0.05, 0) is 69.6 Å². The van der Waals surface area contributed by atoms with Crippen LogP contribution in [0.1, 0.15) is 11.5 Å². The van der Waals surface area contributed by atoms with E-state index in [1.165, 1.54) is 0 Å². The van der Waals surface area contributed by atoms with Gasteiger partial charge in [-0.3, -0.25) is 9.79 Å². The Bertz CT molecular complexity index is 949. The summed E-state index contributed by atoms with van der Waals surface area (Å²) in [6, 6.07) is 24.1. The van der Waals surface area contributed by atoms with Crippen molar-refractivity contribution in [2.75, 3.05) is 5.32 Å². The molecule has 3 aromatic carbocycles. The van der Waals surface area contributed by atoms with E-state index in [2.05, 4.69) is 51.1 Å². The lowest BCUT2D eigenvalue weighted by Crippen LogP contribution is -2.12. The highest BCUT2D eigenvalue weighted by Gasteiger charge is 2.29. The van der Waals surface area contributed by atoms with Crippen LogP contribution in [-0.2, 0) is 4.79 Å². The Morgan fingerprint density at radius 2 is 1.68 bits per heavy atom. The number of benzene rings is 3. The molecule has 1 aliphatic rings.